The fraction of sp³-hybridized carbons (Fsp3) is 0.933. The molecule has 1 rings (SSSR count). The van der Waals surface area contributed by atoms with Gasteiger partial charge in [-0.2, -0.15) is 0 Å². The van der Waals surface area contributed by atoms with Gasteiger partial charge >= 0.3 is 7.60 Å². The summed E-state index contributed by atoms with van der Waals surface area (Å²) in [5.74, 6) is -0.446. The minimum absolute atomic E-state index is 0.0305. The van der Waals surface area contributed by atoms with E-state index in [2.05, 4.69) is 5.32 Å². The van der Waals surface area contributed by atoms with Gasteiger partial charge < -0.3 is 44.3 Å². The molecule has 1 aliphatic rings. The van der Waals surface area contributed by atoms with E-state index >= 15 is 0 Å². The second kappa shape index (κ2) is 11.4. The van der Waals surface area contributed by atoms with Crippen molar-refractivity contribution in [3.8, 4) is 0 Å². The van der Waals surface area contributed by atoms with Crippen LogP contribution in [0.1, 0.15) is 20.8 Å². The van der Waals surface area contributed by atoms with Crippen molar-refractivity contribution < 1.29 is 48.3 Å². The molecule has 160 valence electrons. The van der Waals surface area contributed by atoms with Crippen LogP contribution in [0.4, 0.5) is 0 Å². The summed E-state index contributed by atoms with van der Waals surface area (Å²) in [6.07, 6.45) is -4.81. The maximum Gasteiger partial charge on any atom is 0.330 e. The summed E-state index contributed by atoms with van der Waals surface area (Å²) in [4.78, 5) is 20.8. The van der Waals surface area contributed by atoms with Crippen molar-refractivity contribution in [2.75, 3.05) is 33.0 Å². The highest BCUT2D eigenvalue weighted by atomic mass is 31.2. The monoisotopic (exact) mass is 415 g/mol. The maximum absolute atomic E-state index is 11.6. The van der Waals surface area contributed by atoms with Gasteiger partial charge in [-0.15, -0.1) is 0 Å². The number of hydrogen-bond donors (Lipinski definition) is 5. The Balaban J connectivity index is 2.55. The van der Waals surface area contributed by atoms with Crippen LogP contribution in [0.2, 0.25) is 0 Å². The van der Waals surface area contributed by atoms with Crippen LogP contribution in [0.25, 0.3) is 0 Å². The Labute approximate surface area is 158 Å². The predicted molar refractivity (Wildman–Crippen MR) is 93.0 cm³/mol. The van der Waals surface area contributed by atoms with E-state index in [-0.39, 0.29) is 33.0 Å². The highest BCUT2D eigenvalue weighted by molar-refractivity contribution is 7.53. The third kappa shape index (κ3) is 7.72. The van der Waals surface area contributed by atoms with E-state index in [9.17, 15) is 24.5 Å². The molecule has 1 aliphatic heterocycles. The summed E-state index contributed by atoms with van der Waals surface area (Å²) in [5, 5.41) is 31.8. The van der Waals surface area contributed by atoms with Crippen molar-refractivity contribution in [2.45, 2.75) is 57.1 Å². The van der Waals surface area contributed by atoms with Crippen molar-refractivity contribution in [1.82, 2.24) is 5.32 Å². The third-order valence-corrected chi connectivity index (χ3v) is 5.74. The molecule has 0 bridgehead atoms. The zero-order chi connectivity index (χ0) is 20.6. The van der Waals surface area contributed by atoms with Crippen LogP contribution >= 0.6 is 7.60 Å². The molecule has 0 radical (unpaired) electrons. The van der Waals surface area contributed by atoms with Crippen LogP contribution in [0.5, 0.6) is 0 Å². The topological polar surface area (TPSA) is 164 Å². The number of carbonyl (C=O) groups excluding carboxylic acids is 1. The zero-order valence-electron chi connectivity index (χ0n) is 15.7. The highest BCUT2D eigenvalue weighted by Gasteiger charge is 2.45. The van der Waals surface area contributed by atoms with E-state index in [1.54, 1.807) is 13.8 Å². The van der Waals surface area contributed by atoms with E-state index in [1.807, 2.05) is 0 Å². The molecule has 5 N–H and O–H groups in total. The number of nitrogens with one attached hydrogen (secondary N) is 1. The van der Waals surface area contributed by atoms with E-state index in [4.69, 9.17) is 23.8 Å². The van der Waals surface area contributed by atoms with Gasteiger partial charge in [-0.3, -0.25) is 9.36 Å². The van der Waals surface area contributed by atoms with Gasteiger partial charge in [-0.1, -0.05) is 13.8 Å². The normalized spacial score (nSPS) is 30.9. The molecular formula is C15H30NO10P. The quantitative estimate of drug-likeness (QED) is 0.200. The molecule has 1 amide bonds. The SMILES string of the molecule is CC(=O)NC1C(OCCO)OC(COCCOP(=O)(O)C(C)C)C(O)C1O. The van der Waals surface area contributed by atoms with E-state index in [1.165, 1.54) is 6.92 Å². The lowest BCUT2D eigenvalue weighted by Gasteiger charge is -2.42. The molecular weight excluding hydrogens is 385 g/mol. The Morgan fingerprint density at radius 3 is 2.44 bits per heavy atom. The van der Waals surface area contributed by atoms with Crippen LogP contribution < -0.4 is 5.32 Å². The fourth-order valence-electron chi connectivity index (χ4n) is 2.34. The number of ether oxygens (including phenoxy) is 3. The summed E-state index contributed by atoms with van der Waals surface area (Å²) in [6, 6.07) is -1.02. The van der Waals surface area contributed by atoms with Crippen molar-refractivity contribution in [1.29, 1.82) is 0 Å². The maximum atomic E-state index is 11.6. The van der Waals surface area contributed by atoms with E-state index in [0.29, 0.717) is 0 Å². The van der Waals surface area contributed by atoms with Gasteiger partial charge in [-0.25, -0.2) is 0 Å². The molecule has 0 aliphatic carbocycles. The summed E-state index contributed by atoms with van der Waals surface area (Å²) < 4.78 is 32.7. The van der Waals surface area contributed by atoms with Gasteiger partial charge in [0.25, 0.3) is 0 Å². The molecule has 12 heteroatoms. The molecule has 1 heterocycles. The average molecular weight is 415 g/mol. The smallest absolute Gasteiger partial charge is 0.330 e. The van der Waals surface area contributed by atoms with Gasteiger partial charge in [0.15, 0.2) is 6.29 Å². The lowest BCUT2D eigenvalue weighted by Crippen LogP contribution is -2.64. The molecule has 0 spiro atoms. The first-order valence-electron chi connectivity index (χ1n) is 8.66. The number of hydrogen-bond acceptors (Lipinski definition) is 9. The number of carbonyl (C=O) groups is 1. The number of aliphatic hydroxyl groups excluding tert-OH is 3. The molecule has 6 unspecified atom stereocenters. The van der Waals surface area contributed by atoms with Crippen LogP contribution in [-0.2, 0) is 28.1 Å². The Morgan fingerprint density at radius 1 is 1.22 bits per heavy atom. The molecule has 0 aromatic carbocycles. The Morgan fingerprint density at radius 2 is 1.89 bits per heavy atom. The summed E-state index contributed by atoms with van der Waals surface area (Å²) in [7, 11) is -3.69. The largest absolute Gasteiger partial charge is 0.394 e. The molecule has 1 fully saturated rings. The lowest BCUT2D eigenvalue weighted by molar-refractivity contribution is -0.273. The molecule has 11 nitrogen and oxygen atoms in total. The predicted octanol–water partition coefficient (Wildman–Crippen LogP) is -1.43. The van der Waals surface area contributed by atoms with Gasteiger partial charge in [-0.05, 0) is 0 Å². The number of rotatable bonds is 11. The van der Waals surface area contributed by atoms with Gasteiger partial charge in [0.1, 0.15) is 24.4 Å². The standard InChI is InChI=1S/C15H30NO10P/c1-9(2)27(21,22)25-7-6-23-8-11-13(19)14(20)12(16-10(3)18)15(26-11)24-5-4-17/h9,11-15,17,19-20H,4-8H2,1-3H3,(H,16,18)(H,21,22). The first-order valence-corrected chi connectivity index (χ1v) is 10.3. The molecule has 1 saturated heterocycles. The molecule has 6 atom stereocenters. The van der Waals surface area contributed by atoms with Crippen LogP contribution in [-0.4, -0.2) is 95.5 Å². The number of aliphatic hydroxyl groups is 3. The number of amides is 1. The summed E-state index contributed by atoms with van der Waals surface area (Å²) >= 11 is 0. The van der Waals surface area contributed by atoms with Crippen molar-refractivity contribution in [3.63, 3.8) is 0 Å². The molecule has 0 aromatic heterocycles. The third-order valence-electron chi connectivity index (χ3n) is 3.88. The van der Waals surface area contributed by atoms with Crippen molar-refractivity contribution in [3.05, 3.63) is 0 Å². The summed E-state index contributed by atoms with van der Waals surface area (Å²) in [5.41, 5.74) is -0.536. The Bertz CT molecular complexity index is 505. The van der Waals surface area contributed by atoms with Crippen LogP contribution in [0.15, 0.2) is 0 Å². The minimum Gasteiger partial charge on any atom is -0.394 e. The fourth-order valence-corrected chi connectivity index (χ4v) is 2.98. The second-order valence-corrected chi connectivity index (χ2v) is 8.83. The first kappa shape index (κ1) is 24.4. The average Bonchev–Trinajstić information content (AvgIpc) is 2.58. The van der Waals surface area contributed by atoms with E-state index in [0.717, 1.165) is 0 Å². The van der Waals surface area contributed by atoms with Gasteiger partial charge in [0.05, 0.1) is 38.7 Å². The first-order chi connectivity index (χ1) is 12.6. The Kier molecular flexibility index (Phi) is 10.3. The van der Waals surface area contributed by atoms with E-state index < -0.39 is 49.8 Å². The zero-order valence-corrected chi connectivity index (χ0v) is 16.6. The molecule has 0 aromatic rings. The molecule has 27 heavy (non-hydrogen) atoms. The Hall–Kier alpha value is -0.620. The molecule has 0 saturated carbocycles. The van der Waals surface area contributed by atoms with Crippen LogP contribution in [0, 0.1) is 0 Å². The van der Waals surface area contributed by atoms with Crippen molar-refractivity contribution >= 4 is 13.5 Å². The lowest BCUT2D eigenvalue weighted by atomic mass is 9.97. The second-order valence-electron chi connectivity index (χ2n) is 6.41. The minimum atomic E-state index is -3.69. The van der Waals surface area contributed by atoms with Crippen LogP contribution in [0.3, 0.4) is 0 Å². The highest BCUT2D eigenvalue weighted by Crippen LogP contribution is 2.46. The van der Waals surface area contributed by atoms with Gasteiger partial charge in [0, 0.05) is 6.92 Å². The van der Waals surface area contributed by atoms with Crippen molar-refractivity contribution in [2.24, 2.45) is 0 Å². The summed E-state index contributed by atoms with van der Waals surface area (Å²) in [6.45, 7) is 3.68. The van der Waals surface area contributed by atoms with Gasteiger partial charge in [0.2, 0.25) is 5.91 Å².